The first-order chi connectivity index (χ1) is 9.19. The van der Waals surface area contributed by atoms with E-state index in [4.69, 9.17) is 0 Å². The average Bonchev–Trinajstić information content (AvgIpc) is 2.38. The van der Waals surface area contributed by atoms with Gasteiger partial charge in [0.15, 0.2) is 5.82 Å². The van der Waals surface area contributed by atoms with Gasteiger partial charge in [-0.2, -0.15) is 0 Å². The molecule has 1 aromatic heterocycles. The summed E-state index contributed by atoms with van der Waals surface area (Å²) < 4.78 is 0. The van der Waals surface area contributed by atoms with Crippen molar-refractivity contribution in [2.45, 2.75) is 20.3 Å². The SMILES string of the molecule is C=C/C=C/Cc1cccc(-c2nc(C)nc(C)n2)c1. The van der Waals surface area contributed by atoms with Crippen LogP contribution in [-0.2, 0) is 6.42 Å². The summed E-state index contributed by atoms with van der Waals surface area (Å²) in [6.07, 6.45) is 6.69. The first kappa shape index (κ1) is 13.1. The molecule has 0 saturated carbocycles. The van der Waals surface area contributed by atoms with E-state index < -0.39 is 0 Å². The van der Waals surface area contributed by atoms with Crippen LogP contribution in [0.25, 0.3) is 11.4 Å². The molecule has 0 bridgehead atoms. The van der Waals surface area contributed by atoms with Gasteiger partial charge in [-0.05, 0) is 31.9 Å². The molecule has 0 aliphatic heterocycles. The molecule has 2 rings (SSSR count). The maximum Gasteiger partial charge on any atom is 0.163 e. The summed E-state index contributed by atoms with van der Waals surface area (Å²) in [6.45, 7) is 7.43. The van der Waals surface area contributed by atoms with Gasteiger partial charge in [-0.3, -0.25) is 0 Å². The lowest BCUT2D eigenvalue weighted by Crippen LogP contribution is -1.99. The second kappa shape index (κ2) is 6.05. The molecule has 3 heteroatoms. The highest BCUT2D eigenvalue weighted by atomic mass is 15.0. The highest BCUT2D eigenvalue weighted by Gasteiger charge is 2.04. The molecule has 1 heterocycles. The summed E-state index contributed by atoms with van der Waals surface area (Å²) in [5.41, 5.74) is 2.25. The minimum Gasteiger partial charge on any atom is -0.219 e. The molecule has 0 fully saturated rings. The standard InChI is InChI=1S/C16H17N3/c1-4-5-6-8-14-9-7-10-15(11-14)16-18-12(2)17-13(3)19-16/h4-7,9-11H,1,8H2,2-3H3/b6-5+. The lowest BCUT2D eigenvalue weighted by molar-refractivity contribution is 0.928. The van der Waals surface area contributed by atoms with Crippen molar-refractivity contribution in [2.75, 3.05) is 0 Å². The quantitative estimate of drug-likeness (QED) is 0.781. The zero-order chi connectivity index (χ0) is 13.7. The Hall–Kier alpha value is -2.29. The summed E-state index contributed by atoms with van der Waals surface area (Å²) >= 11 is 0. The number of benzene rings is 1. The van der Waals surface area contributed by atoms with Crippen LogP contribution in [0.5, 0.6) is 0 Å². The van der Waals surface area contributed by atoms with Gasteiger partial charge in [0.25, 0.3) is 0 Å². The first-order valence-electron chi connectivity index (χ1n) is 6.25. The normalized spacial score (nSPS) is 10.8. The Balaban J connectivity index is 2.31. The molecule has 0 spiro atoms. The van der Waals surface area contributed by atoms with Gasteiger partial charge in [0, 0.05) is 5.56 Å². The van der Waals surface area contributed by atoms with Gasteiger partial charge in [-0.15, -0.1) is 0 Å². The number of rotatable bonds is 4. The van der Waals surface area contributed by atoms with Crippen molar-refractivity contribution < 1.29 is 0 Å². The zero-order valence-electron chi connectivity index (χ0n) is 11.3. The van der Waals surface area contributed by atoms with Crippen LogP contribution in [0, 0.1) is 13.8 Å². The van der Waals surface area contributed by atoms with E-state index in [1.165, 1.54) is 5.56 Å². The van der Waals surface area contributed by atoms with Crippen molar-refractivity contribution in [1.82, 2.24) is 15.0 Å². The van der Waals surface area contributed by atoms with Crippen molar-refractivity contribution in [3.05, 3.63) is 66.3 Å². The predicted molar refractivity (Wildman–Crippen MR) is 77.8 cm³/mol. The van der Waals surface area contributed by atoms with E-state index in [2.05, 4.69) is 39.7 Å². The van der Waals surface area contributed by atoms with Crippen LogP contribution in [0.4, 0.5) is 0 Å². The lowest BCUT2D eigenvalue weighted by Gasteiger charge is -2.04. The van der Waals surface area contributed by atoms with E-state index in [0.717, 1.165) is 29.5 Å². The van der Waals surface area contributed by atoms with Crippen LogP contribution in [-0.4, -0.2) is 15.0 Å². The van der Waals surface area contributed by atoms with Gasteiger partial charge in [0.2, 0.25) is 0 Å². The fourth-order valence-electron chi connectivity index (χ4n) is 1.88. The van der Waals surface area contributed by atoms with Crippen LogP contribution < -0.4 is 0 Å². The molecule has 0 N–H and O–H groups in total. The lowest BCUT2D eigenvalue weighted by atomic mass is 10.1. The Bertz CT molecular complexity index is 595. The van der Waals surface area contributed by atoms with E-state index >= 15 is 0 Å². The molecular formula is C16H17N3. The zero-order valence-corrected chi connectivity index (χ0v) is 11.3. The van der Waals surface area contributed by atoms with Gasteiger partial charge in [-0.1, -0.05) is 43.0 Å². The second-order valence-electron chi connectivity index (χ2n) is 4.32. The van der Waals surface area contributed by atoms with E-state index in [9.17, 15) is 0 Å². The summed E-state index contributed by atoms with van der Waals surface area (Å²) in [5, 5.41) is 0. The fraction of sp³-hybridized carbons (Fsp3) is 0.188. The molecule has 0 saturated heterocycles. The molecule has 0 aliphatic carbocycles. The second-order valence-corrected chi connectivity index (χ2v) is 4.32. The van der Waals surface area contributed by atoms with Crippen molar-refractivity contribution in [1.29, 1.82) is 0 Å². The van der Waals surface area contributed by atoms with E-state index in [0.29, 0.717) is 0 Å². The molecule has 0 atom stereocenters. The number of aryl methyl sites for hydroxylation is 2. The third-order valence-electron chi connectivity index (χ3n) is 2.67. The molecule has 0 amide bonds. The molecule has 1 aromatic carbocycles. The number of hydrogen-bond donors (Lipinski definition) is 0. The molecule has 0 unspecified atom stereocenters. The Morgan fingerprint density at radius 1 is 1.11 bits per heavy atom. The summed E-state index contributed by atoms with van der Waals surface area (Å²) in [7, 11) is 0. The monoisotopic (exact) mass is 251 g/mol. The van der Waals surface area contributed by atoms with Gasteiger partial charge >= 0.3 is 0 Å². The third kappa shape index (κ3) is 3.58. The topological polar surface area (TPSA) is 38.7 Å². The van der Waals surface area contributed by atoms with E-state index in [-0.39, 0.29) is 0 Å². The van der Waals surface area contributed by atoms with E-state index in [1.54, 1.807) is 6.08 Å². The van der Waals surface area contributed by atoms with Crippen LogP contribution in [0.15, 0.2) is 49.1 Å². The number of hydrogen-bond acceptors (Lipinski definition) is 3. The van der Waals surface area contributed by atoms with Crippen LogP contribution in [0.1, 0.15) is 17.2 Å². The maximum atomic E-state index is 4.39. The van der Waals surface area contributed by atoms with Crippen molar-refractivity contribution in [3.8, 4) is 11.4 Å². The smallest absolute Gasteiger partial charge is 0.163 e. The van der Waals surface area contributed by atoms with Crippen molar-refractivity contribution in [2.24, 2.45) is 0 Å². The van der Waals surface area contributed by atoms with E-state index in [1.807, 2.05) is 32.1 Å². The van der Waals surface area contributed by atoms with Gasteiger partial charge < -0.3 is 0 Å². The van der Waals surface area contributed by atoms with Crippen molar-refractivity contribution in [3.63, 3.8) is 0 Å². The van der Waals surface area contributed by atoms with Crippen LogP contribution >= 0.6 is 0 Å². The van der Waals surface area contributed by atoms with Crippen LogP contribution in [0.3, 0.4) is 0 Å². The Morgan fingerprint density at radius 3 is 2.53 bits per heavy atom. The summed E-state index contributed by atoms with van der Waals surface area (Å²) in [6, 6.07) is 8.26. The van der Waals surface area contributed by atoms with Gasteiger partial charge in [0.1, 0.15) is 11.6 Å². The number of nitrogens with zero attached hydrogens (tertiary/aromatic N) is 3. The molecule has 96 valence electrons. The summed E-state index contributed by atoms with van der Waals surface area (Å²) in [5.74, 6) is 2.23. The number of aromatic nitrogens is 3. The Labute approximate surface area is 113 Å². The molecule has 19 heavy (non-hydrogen) atoms. The molecule has 3 nitrogen and oxygen atoms in total. The largest absolute Gasteiger partial charge is 0.219 e. The van der Waals surface area contributed by atoms with Crippen LogP contribution in [0.2, 0.25) is 0 Å². The van der Waals surface area contributed by atoms with Gasteiger partial charge in [0.05, 0.1) is 0 Å². The third-order valence-corrected chi connectivity index (χ3v) is 2.67. The average molecular weight is 251 g/mol. The molecule has 0 radical (unpaired) electrons. The van der Waals surface area contributed by atoms with Gasteiger partial charge in [-0.25, -0.2) is 15.0 Å². The summed E-state index contributed by atoms with van der Waals surface area (Å²) in [4.78, 5) is 13.0. The molecule has 0 aliphatic rings. The highest BCUT2D eigenvalue weighted by Crippen LogP contribution is 2.17. The Morgan fingerprint density at radius 2 is 1.84 bits per heavy atom. The van der Waals surface area contributed by atoms with Crippen molar-refractivity contribution >= 4 is 0 Å². The molecule has 2 aromatic rings. The minimum absolute atomic E-state index is 0.736. The highest BCUT2D eigenvalue weighted by molar-refractivity contribution is 5.56. The predicted octanol–water partition coefficient (Wildman–Crippen LogP) is 3.44. The Kier molecular flexibility index (Phi) is 4.18. The fourth-order valence-corrected chi connectivity index (χ4v) is 1.88. The minimum atomic E-state index is 0.736. The maximum absolute atomic E-state index is 4.39. The first-order valence-corrected chi connectivity index (χ1v) is 6.25. The number of allylic oxidation sites excluding steroid dienone is 3. The molecular weight excluding hydrogens is 234 g/mol.